The van der Waals surface area contributed by atoms with Crippen molar-refractivity contribution in [1.82, 2.24) is 19.9 Å². The molecule has 0 radical (unpaired) electrons. The highest BCUT2D eigenvalue weighted by molar-refractivity contribution is 7.20. The number of fused-ring (bicyclic) bond motifs is 1. The summed E-state index contributed by atoms with van der Waals surface area (Å²) < 4.78 is 7.34. The van der Waals surface area contributed by atoms with Crippen LogP contribution in [0.25, 0.3) is 15.8 Å². The first-order valence-electron chi connectivity index (χ1n) is 11.9. The van der Waals surface area contributed by atoms with Crippen LogP contribution in [0.3, 0.4) is 0 Å². The van der Waals surface area contributed by atoms with Gasteiger partial charge in [0.25, 0.3) is 5.19 Å². The van der Waals surface area contributed by atoms with E-state index in [1.807, 2.05) is 24.5 Å². The molecule has 1 aromatic carbocycles. The number of carboxylic acid groups (broad SMARTS) is 1. The van der Waals surface area contributed by atoms with Crippen molar-refractivity contribution in [2.24, 2.45) is 0 Å². The standard InChI is InChI=1S/C25H29N5O3S/c1-2-3-17-15-26-23(27-16-17)29-12-8-20(9-13-29)33-24-28-21-5-4-19(14-22(21)34-24)18-6-10-30(11-7-18)25(31)32/h4-6,14-16,20H,2-3,7-13H2,1H3,(H,31,32). The maximum Gasteiger partial charge on any atom is 0.407 e. The SMILES string of the molecule is CCCc1cnc(N2CCC(Oc3nc4ccc(C5=CCN(C(=O)O)CC5)cc4s3)CC2)nc1. The fraction of sp³-hybridized carbons (Fsp3) is 0.440. The molecule has 1 saturated heterocycles. The monoisotopic (exact) mass is 479 g/mol. The molecule has 2 aliphatic heterocycles. The van der Waals surface area contributed by atoms with E-state index in [9.17, 15) is 4.79 Å². The summed E-state index contributed by atoms with van der Waals surface area (Å²) in [7, 11) is 0. The van der Waals surface area contributed by atoms with Crippen molar-refractivity contribution in [3.05, 3.63) is 47.8 Å². The molecule has 9 heteroatoms. The summed E-state index contributed by atoms with van der Waals surface area (Å²) in [6.07, 6.45) is 9.82. The molecule has 1 amide bonds. The number of aryl methyl sites for hydroxylation is 1. The van der Waals surface area contributed by atoms with Gasteiger partial charge in [0.2, 0.25) is 5.95 Å². The van der Waals surface area contributed by atoms with Gasteiger partial charge in [-0.3, -0.25) is 0 Å². The molecule has 0 unspecified atom stereocenters. The van der Waals surface area contributed by atoms with E-state index in [-0.39, 0.29) is 6.10 Å². The third kappa shape index (κ3) is 4.99. The van der Waals surface area contributed by atoms with Crippen LogP contribution in [0.15, 0.2) is 36.7 Å². The van der Waals surface area contributed by atoms with Gasteiger partial charge in [0, 0.05) is 51.4 Å². The van der Waals surface area contributed by atoms with Gasteiger partial charge in [-0.15, -0.1) is 0 Å². The number of benzene rings is 1. The van der Waals surface area contributed by atoms with Gasteiger partial charge in [-0.25, -0.2) is 19.7 Å². The zero-order valence-electron chi connectivity index (χ0n) is 19.3. The second-order valence-electron chi connectivity index (χ2n) is 8.82. The fourth-order valence-corrected chi connectivity index (χ4v) is 5.42. The highest BCUT2D eigenvalue weighted by Gasteiger charge is 2.23. The van der Waals surface area contributed by atoms with E-state index in [4.69, 9.17) is 9.84 Å². The van der Waals surface area contributed by atoms with E-state index in [2.05, 4.69) is 38.9 Å². The zero-order valence-corrected chi connectivity index (χ0v) is 20.1. The number of thiazole rings is 1. The molecule has 2 aliphatic rings. The second-order valence-corrected chi connectivity index (χ2v) is 9.81. The molecule has 1 fully saturated rings. The van der Waals surface area contributed by atoms with E-state index in [1.54, 1.807) is 11.3 Å². The van der Waals surface area contributed by atoms with Crippen LogP contribution in [0.1, 0.15) is 43.7 Å². The summed E-state index contributed by atoms with van der Waals surface area (Å²) in [5.74, 6) is 0.800. The van der Waals surface area contributed by atoms with Crippen LogP contribution in [0.4, 0.5) is 10.7 Å². The lowest BCUT2D eigenvalue weighted by molar-refractivity contribution is 0.150. The maximum atomic E-state index is 11.1. The van der Waals surface area contributed by atoms with Crippen LogP contribution in [0, 0.1) is 0 Å². The number of carbonyl (C=O) groups is 1. The summed E-state index contributed by atoms with van der Waals surface area (Å²) in [6.45, 7) is 4.87. The lowest BCUT2D eigenvalue weighted by atomic mass is 9.99. The molecule has 0 bridgehead atoms. The number of hydrogen-bond acceptors (Lipinski definition) is 7. The van der Waals surface area contributed by atoms with Crippen LogP contribution in [0.2, 0.25) is 0 Å². The molecule has 4 heterocycles. The van der Waals surface area contributed by atoms with Crippen molar-refractivity contribution in [2.45, 2.75) is 45.1 Å². The Morgan fingerprint density at radius 1 is 1.21 bits per heavy atom. The Morgan fingerprint density at radius 2 is 2.00 bits per heavy atom. The van der Waals surface area contributed by atoms with Crippen LogP contribution in [-0.4, -0.2) is 63.3 Å². The number of nitrogens with zero attached hydrogens (tertiary/aromatic N) is 5. The summed E-state index contributed by atoms with van der Waals surface area (Å²) >= 11 is 1.57. The predicted molar refractivity (Wildman–Crippen MR) is 134 cm³/mol. The first kappa shape index (κ1) is 22.6. The number of rotatable bonds is 6. The summed E-state index contributed by atoms with van der Waals surface area (Å²) in [5.41, 5.74) is 4.44. The first-order chi connectivity index (χ1) is 16.6. The maximum absolute atomic E-state index is 11.1. The van der Waals surface area contributed by atoms with Gasteiger partial charge in [-0.2, -0.15) is 0 Å². The topological polar surface area (TPSA) is 91.7 Å². The molecule has 5 rings (SSSR count). The van der Waals surface area contributed by atoms with Gasteiger partial charge in [0.1, 0.15) is 6.10 Å². The zero-order chi connectivity index (χ0) is 23.5. The average Bonchev–Trinajstić information content (AvgIpc) is 3.27. The average molecular weight is 480 g/mol. The third-order valence-corrected chi connectivity index (χ3v) is 7.35. The van der Waals surface area contributed by atoms with E-state index >= 15 is 0 Å². The van der Waals surface area contributed by atoms with E-state index < -0.39 is 6.09 Å². The van der Waals surface area contributed by atoms with Gasteiger partial charge in [-0.05, 0) is 41.7 Å². The second kappa shape index (κ2) is 9.97. The van der Waals surface area contributed by atoms with Gasteiger partial charge in [-0.1, -0.05) is 36.8 Å². The molecular weight excluding hydrogens is 450 g/mol. The van der Waals surface area contributed by atoms with Gasteiger partial charge in [0.15, 0.2) is 0 Å². The highest BCUT2D eigenvalue weighted by Crippen LogP contribution is 2.33. The molecule has 8 nitrogen and oxygen atoms in total. The van der Waals surface area contributed by atoms with Crippen LogP contribution >= 0.6 is 11.3 Å². The van der Waals surface area contributed by atoms with Gasteiger partial charge >= 0.3 is 6.09 Å². The Hall–Kier alpha value is -3.20. The van der Waals surface area contributed by atoms with Crippen molar-refractivity contribution < 1.29 is 14.6 Å². The Morgan fingerprint density at radius 3 is 2.68 bits per heavy atom. The van der Waals surface area contributed by atoms with Crippen molar-refractivity contribution in [1.29, 1.82) is 0 Å². The molecule has 3 aromatic rings. The minimum Gasteiger partial charge on any atom is -0.467 e. The van der Waals surface area contributed by atoms with E-state index in [0.29, 0.717) is 18.3 Å². The quantitative estimate of drug-likeness (QED) is 0.540. The third-order valence-electron chi connectivity index (χ3n) is 6.44. The lowest BCUT2D eigenvalue weighted by Crippen LogP contribution is -2.39. The highest BCUT2D eigenvalue weighted by atomic mass is 32.1. The molecule has 1 N–H and O–H groups in total. The number of aromatic nitrogens is 3. The Balaban J connectivity index is 1.19. The van der Waals surface area contributed by atoms with E-state index in [1.165, 1.54) is 16.0 Å². The molecule has 34 heavy (non-hydrogen) atoms. The number of ether oxygens (including phenoxy) is 1. The molecular formula is C25H29N5O3S. The van der Waals surface area contributed by atoms with Crippen molar-refractivity contribution in [2.75, 3.05) is 31.1 Å². The molecule has 0 atom stereocenters. The predicted octanol–water partition coefficient (Wildman–Crippen LogP) is 4.85. The van der Waals surface area contributed by atoms with Gasteiger partial charge < -0.3 is 19.6 Å². The largest absolute Gasteiger partial charge is 0.467 e. The normalized spacial score (nSPS) is 17.1. The summed E-state index contributed by atoms with van der Waals surface area (Å²) in [4.78, 5) is 28.6. The van der Waals surface area contributed by atoms with Crippen LogP contribution < -0.4 is 9.64 Å². The van der Waals surface area contributed by atoms with Crippen LogP contribution in [-0.2, 0) is 6.42 Å². The fourth-order valence-electron chi connectivity index (χ4n) is 4.50. The van der Waals surface area contributed by atoms with Crippen LogP contribution in [0.5, 0.6) is 5.19 Å². The molecule has 178 valence electrons. The summed E-state index contributed by atoms with van der Waals surface area (Å²) in [6, 6.07) is 6.24. The van der Waals surface area contributed by atoms with E-state index in [0.717, 1.165) is 66.9 Å². The van der Waals surface area contributed by atoms with Gasteiger partial charge in [0.05, 0.1) is 10.2 Å². The number of piperidine rings is 1. The molecule has 0 aliphatic carbocycles. The van der Waals surface area contributed by atoms with Crippen molar-refractivity contribution >= 4 is 39.2 Å². The number of amides is 1. The molecule has 0 saturated carbocycles. The smallest absolute Gasteiger partial charge is 0.407 e. The molecule has 2 aromatic heterocycles. The van der Waals surface area contributed by atoms with Crippen molar-refractivity contribution in [3.8, 4) is 5.19 Å². The summed E-state index contributed by atoms with van der Waals surface area (Å²) in [5, 5.41) is 9.85. The molecule has 0 spiro atoms. The lowest BCUT2D eigenvalue weighted by Gasteiger charge is -2.31. The number of anilines is 1. The van der Waals surface area contributed by atoms with Crippen molar-refractivity contribution in [3.63, 3.8) is 0 Å². The number of hydrogen-bond donors (Lipinski definition) is 1. The minimum atomic E-state index is -0.863. The minimum absolute atomic E-state index is 0.138. The Bertz CT molecular complexity index is 1180. The first-order valence-corrected chi connectivity index (χ1v) is 12.7. The Kier molecular flexibility index (Phi) is 6.62. The Labute approximate surface area is 202 Å².